The molecule has 0 saturated carbocycles. The van der Waals surface area contributed by atoms with Crippen LogP contribution in [0.25, 0.3) is 21.8 Å². The molecule has 2 aromatic heterocycles. The summed E-state index contributed by atoms with van der Waals surface area (Å²) >= 11 is 0. The van der Waals surface area contributed by atoms with Crippen LogP contribution in [-0.4, -0.2) is 21.5 Å². The zero-order valence-corrected chi connectivity index (χ0v) is 12.4. The smallest absolute Gasteiger partial charge is 0.212 e. The zero-order chi connectivity index (χ0) is 15.7. The maximum absolute atomic E-state index is 13.0. The number of fused-ring (bicyclic) bond motifs is 6. The number of rotatable bonds is 0. The van der Waals surface area contributed by atoms with E-state index < -0.39 is 0 Å². The molecule has 4 nitrogen and oxygen atoms in total. The largest absolute Gasteiger partial charge is 0.351 e. The molecule has 2 aromatic carbocycles. The van der Waals surface area contributed by atoms with Gasteiger partial charge in [-0.05, 0) is 25.1 Å². The van der Waals surface area contributed by atoms with Crippen LogP contribution >= 0.6 is 0 Å². The van der Waals surface area contributed by atoms with Crippen molar-refractivity contribution in [2.24, 2.45) is 0 Å². The summed E-state index contributed by atoms with van der Waals surface area (Å²) in [6.45, 7) is 1.97. The monoisotopic (exact) mass is 300 g/mol. The fourth-order valence-corrected chi connectivity index (χ4v) is 3.51. The topological polar surface area (TPSA) is 65.7 Å². The Bertz CT molecular complexity index is 1160. The number of aromatic nitrogens is 2. The minimum absolute atomic E-state index is 0.123. The van der Waals surface area contributed by atoms with Gasteiger partial charge in [0.1, 0.15) is 0 Å². The number of aryl methyl sites for hydroxylation is 1. The van der Waals surface area contributed by atoms with Gasteiger partial charge in [-0.25, -0.2) is 0 Å². The lowest BCUT2D eigenvalue weighted by atomic mass is 9.90. The highest BCUT2D eigenvalue weighted by atomic mass is 16.1. The van der Waals surface area contributed by atoms with E-state index in [0.717, 1.165) is 27.4 Å². The zero-order valence-electron chi connectivity index (χ0n) is 12.4. The van der Waals surface area contributed by atoms with E-state index in [4.69, 9.17) is 0 Å². The molecule has 0 amide bonds. The van der Waals surface area contributed by atoms with Crippen molar-refractivity contribution in [3.8, 4) is 0 Å². The number of nitrogens with one attached hydrogen (secondary N) is 2. The Hall–Kier alpha value is -3.14. The van der Waals surface area contributed by atoms with Crippen molar-refractivity contribution >= 4 is 33.4 Å². The molecule has 2 N–H and O–H groups in total. The van der Waals surface area contributed by atoms with Gasteiger partial charge in [0.05, 0.1) is 22.5 Å². The molecule has 0 unspecified atom stereocenters. The van der Waals surface area contributed by atoms with Crippen LogP contribution in [-0.2, 0) is 0 Å². The third-order valence-corrected chi connectivity index (χ3v) is 4.57. The summed E-state index contributed by atoms with van der Waals surface area (Å²) in [6, 6.07) is 13.3. The second kappa shape index (κ2) is 3.98. The molecule has 4 heteroatoms. The van der Waals surface area contributed by atoms with E-state index in [1.165, 1.54) is 0 Å². The van der Waals surface area contributed by atoms with Gasteiger partial charge in [0.2, 0.25) is 11.6 Å². The Kier molecular flexibility index (Phi) is 2.15. The lowest BCUT2D eigenvalue weighted by Crippen LogP contribution is -2.19. The summed E-state index contributed by atoms with van der Waals surface area (Å²) in [4.78, 5) is 32.2. The maximum Gasteiger partial charge on any atom is 0.212 e. The number of hydrogen-bond acceptors (Lipinski definition) is 2. The molecule has 5 rings (SSSR count). The first-order valence-electron chi connectivity index (χ1n) is 7.47. The standard InChI is InChI=1S/C19H12N2O2/c1-9-6-7-13-11(8-9)15-17(21-13)18(22)14-10-4-2-3-5-12(10)20-16(14)19(15)23/h2-8,20-21H,1H3. The first kappa shape index (κ1) is 12.4. The number of H-pyrrole nitrogens is 2. The summed E-state index contributed by atoms with van der Waals surface area (Å²) < 4.78 is 0. The summed E-state index contributed by atoms with van der Waals surface area (Å²) in [5, 5.41) is 1.60. The summed E-state index contributed by atoms with van der Waals surface area (Å²) in [6.07, 6.45) is 0. The van der Waals surface area contributed by atoms with Crippen LogP contribution < -0.4 is 0 Å². The molecule has 0 saturated heterocycles. The van der Waals surface area contributed by atoms with Crippen molar-refractivity contribution in [1.29, 1.82) is 0 Å². The predicted molar refractivity (Wildman–Crippen MR) is 88.2 cm³/mol. The molecule has 1 aliphatic carbocycles. The highest BCUT2D eigenvalue weighted by molar-refractivity contribution is 6.34. The number of carbonyl (C=O) groups is 2. The molecular weight excluding hydrogens is 288 g/mol. The highest BCUT2D eigenvalue weighted by Crippen LogP contribution is 2.36. The van der Waals surface area contributed by atoms with Gasteiger partial charge in [-0.1, -0.05) is 29.8 Å². The van der Waals surface area contributed by atoms with Crippen molar-refractivity contribution < 1.29 is 9.59 Å². The fourth-order valence-electron chi connectivity index (χ4n) is 3.51. The van der Waals surface area contributed by atoms with Gasteiger partial charge in [-0.2, -0.15) is 0 Å². The molecule has 0 bridgehead atoms. The first-order chi connectivity index (χ1) is 11.1. The van der Waals surface area contributed by atoms with Crippen LogP contribution in [0.3, 0.4) is 0 Å². The van der Waals surface area contributed by atoms with Gasteiger partial charge in [-0.3, -0.25) is 9.59 Å². The van der Waals surface area contributed by atoms with Crippen molar-refractivity contribution in [3.63, 3.8) is 0 Å². The number of benzene rings is 2. The Morgan fingerprint density at radius 1 is 0.739 bits per heavy atom. The van der Waals surface area contributed by atoms with E-state index >= 15 is 0 Å². The molecule has 0 atom stereocenters. The van der Waals surface area contributed by atoms with Gasteiger partial charge >= 0.3 is 0 Å². The Morgan fingerprint density at radius 2 is 1.35 bits per heavy atom. The van der Waals surface area contributed by atoms with Crippen LogP contribution in [0.15, 0.2) is 42.5 Å². The number of para-hydroxylation sites is 1. The highest BCUT2D eigenvalue weighted by Gasteiger charge is 2.35. The second-order valence-corrected chi connectivity index (χ2v) is 6.00. The van der Waals surface area contributed by atoms with Crippen molar-refractivity contribution in [2.45, 2.75) is 6.92 Å². The van der Waals surface area contributed by atoms with E-state index in [9.17, 15) is 9.59 Å². The summed E-state index contributed by atoms with van der Waals surface area (Å²) in [7, 11) is 0. The maximum atomic E-state index is 13.0. The van der Waals surface area contributed by atoms with Crippen LogP contribution in [0.4, 0.5) is 0 Å². The second-order valence-electron chi connectivity index (χ2n) is 6.00. The summed E-state index contributed by atoms with van der Waals surface area (Å²) in [5.74, 6) is -0.247. The molecule has 0 fully saturated rings. The Balaban J connectivity index is 1.91. The molecule has 2 heterocycles. The SMILES string of the molecule is Cc1ccc2[nH]c3c(c2c1)C(=O)c1[nH]c2ccccc2c1C3=O. The van der Waals surface area contributed by atoms with E-state index in [-0.39, 0.29) is 11.6 Å². The van der Waals surface area contributed by atoms with Crippen molar-refractivity contribution in [2.75, 3.05) is 0 Å². The Labute approximate surface area is 131 Å². The number of hydrogen-bond donors (Lipinski definition) is 2. The predicted octanol–water partition coefficient (Wildman–Crippen LogP) is 3.73. The minimum Gasteiger partial charge on any atom is -0.351 e. The quantitative estimate of drug-likeness (QED) is 0.457. The van der Waals surface area contributed by atoms with Gasteiger partial charge in [0.25, 0.3) is 0 Å². The van der Waals surface area contributed by atoms with Crippen molar-refractivity contribution in [1.82, 2.24) is 9.97 Å². The number of ketones is 2. The third-order valence-electron chi connectivity index (χ3n) is 4.57. The van der Waals surface area contributed by atoms with Gasteiger partial charge < -0.3 is 9.97 Å². The molecule has 4 aromatic rings. The molecule has 1 aliphatic rings. The number of carbonyl (C=O) groups excluding carboxylic acids is 2. The van der Waals surface area contributed by atoms with E-state index in [2.05, 4.69) is 9.97 Å². The summed E-state index contributed by atoms with van der Waals surface area (Å²) in [5.41, 5.74) is 4.43. The van der Waals surface area contributed by atoms with Crippen LogP contribution in [0.5, 0.6) is 0 Å². The molecular formula is C19H12N2O2. The lowest BCUT2D eigenvalue weighted by molar-refractivity contribution is 0.0977. The van der Waals surface area contributed by atoms with E-state index in [0.29, 0.717) is 22.5 Å². The molecule has 110 valence electrons. The van der Waals surface area contributed by atoms with Gasteiger partial charge in [-0.15, -0.1) is 0 Å². The number of aromatic amines is 2. The molecule has 0 aliphatic heterocycles. The van der Waals surface area contributed by atoms with Crippen molar-refractivity contribution in [3.05, 3.63) is 70.5 Å². The van der Waals surface area contributed by atoms with Gasteiger partial charge in [0.15, 0.2) is 0 Å². The molecule has 0 spiro atoms. The van der Waals surface area contributed by atoms with E-state index in [1.807, 2.05) is 49.4 Å². The van der Waals surface area contributed by atoms with Gasteiger partial charge in [0, 0.05) is 21.8 Å². The normalized spacial score (nSPS) is 13.6. The van der Waals surface area contributed by atoms with E-state index in [1.54, 1.807) is 0 Å². The fraction of sp³-hybridized carbons (Fsp3) is 0.0526. The van der Waals surface area contributed by atoms with Crippen LogP contribution in [0.1, 0.15) is 37.7 Å². The minimum atomic E-state index is -0.124. The first-order valence-corrected chi connectivity index (χ1v) is 7.47. The average Bonchev–Trinajstić information content (AvgIpc) is 3.11. The third kappa shape index (κ3) is 1.45. The molecule has 23 heavy (non-hydrogen) atoms. The Morgan fingerprint density at radius 3 is 2.09 bits per heavy atom. The average molecular weight is 300 g/mol. The van der Waals surface area contributed by atoms with Crippen LogP contribution in [0, 0.1) is 6.92 Å². The molecule has 0 radical (unpaired) electrons. The van der Waals surface area contributed by atoms with Crippen LogP contribution in [0.2, 0.25) is 0 Å². The lowest BCUT2D eigenvalue weighted by Gasteiger charge is -2.10.